The average molecular weight is 1130 g/mol. The Balaban J connectivity index is 0.000000175. The molecule has 0 bridgehead atoms. The van der Waals surface area contributed by atoms with E-state index >= 15 is 0 Å². The van der Waals surface area contributed by atoms with Crippen LogP contribution >= 0.6 is 0 Å². The minimum absolute atomic E-state index is 0. The van der Waals surface area contributed by atoms with Crippen LogP contribution < -0.4 is 24.8 Å². The van der Waals surface area contributed by atoms with E-state index in [1.54, 1.807) is 0 Å². The van der Waals surface area contributed by atoms with Crippen molar-refractivity contribution in [1.29, 1.82) is 0 Å². The van der Waals surface area contributed by atoms with Gasteiger partial charge in [0.15, 0.2) is 0 Å². The summed E-state index contributed by atoms with van der Waals surface area (Å²) in [4.78, 5) is 0. The predicted molar refractivity (Wildman–Crippen MR) is 298 cm³/mol. The van der Waals surface area contributed by atoms with Crippen LogP contribution in [0.5, 0.6) is 0 Å². The van der Waals surface area contributed by atoms with Gasteiger partial charge in [-0.3, -0.25) is 0 Å². The van der Waals surface area contributed by atoms with Crippen LogP contribution in [0.3, 0.4) is 0 Å². The van der Waals surface area contributed by atoms with Gasteiger partial charge in [-0.1, -0.05) is 242 Å². The van der Waals surface area contributed by atoms with Gasteiger partial charge >= 0.3 is 52.4 Å². The topological polar surface area (TPSA) is 0 Å². The van der Waals surface area contributed by atoms with Crippen LogP contribution in [0.4, 0.5) is 0 Å². The van der Waals surface area contributed by atoms with E-state index in [9.17, 15) is 0 Å². The summed E-state index contributed by atoms with van der Waals surface area (Å²) in [7, 11) is 0. The molecule has 0 amide bonds. The molecule has 0 fully saturated rings. The van der Waals surface area contributed by atoms with Crippen molar-refractivity contribution in [3.8, 4) is 44.5 Å². The van der Waals surface area contributed by atoms with Crippen LogP contribution in [0.1, 0.15) is 44.5 Å². The van der Waals surface area contributed by atoms with Crippen molar-refractivity contribution in [2.24, 2.45) is 0 Å². The Bertz CT molecular complexity index is 2980. The summed E-state index contributed by atoms with van der Waals surface area (Å²) >= 11 is 0. The van der Waals surface area contributed by atoms with E-state index in [0.29, 0.717) is 0 Å². The third-order valence-corrected chi connectivity index (χ3v) is 13.7. The van der Waals surface area contributed by atoms with Gasteiger partial charge in [-0.2, -0.15) is 0 Å². The molecular weight excluding hydrogens is 1070 g/mol. The van der Waals surface area contributed by atoms with Gasteiger partial charge in [0.05, 0.1) is 0 Å². The number of benzene rings is 8. The molecule has 0 spiro atoms. The quantitative estimate of drug-likeness (QED) is 0.154. The van der Waals surface area contributed by atoms with Crippen molar-refractivity contribution in [3.63, 3.8) is 0 Å². The molecule has 0 saturated carbocycles. The number of hydrogen-bond acceptors (Lipinski definition) is 0. The normalized spacial score (nSPS) is 10.3. The Kier molecular flexibility index (Phi) is 20.7. The number of hydrogen-bond donors (Lipinski definition) is 0. The van der Waals surface area contributed by atoms with E-state index in [-0.39, 0.29) is 77.2 Å². The maximum atomic E-state index is 2.30. The van der Waals surface area contributed by atoms with Gasteiger partial charge in [0.2, 0.25) is 0 Å². The van der Waals surface area contributed by atoms with Crippen molar-refractivity contribution in [1.82, 2.24) is 0 Å². The largest absolute Gasteiger partial charge is 2.00 e. The molecule has 0 aliphatic heterocycles. The van der Waals surface area contributed by atoms with Crippen LogP contribution in [0, 0.1) is 55.4 Å². The fourth-order valence-corrected chi connectivity index (χ4v) is 9.55. The summed E-state index contributed by atoms with van der Waals surface area (Å²) in [6.45, 7) is 17.4. The molecule has 0 nitrogen and oxygen atoms in total. The van der Waals surface area contributed by atoms with Crippen molar-refractivity contribution in [2.75, 3.05) is 0 Å². The van der Waals surface area contributed by atoms with Crippen LogP contribution in [-0.2, 0) is 52.4 Å². The first-order valence-corrected chi connectivity index (χ1v) is 23.9. The Morgan fingerprint density at radius 3 is 0.556 bits per heavy atom. The molecule has 356 valence electrons. The fraction of sp³-hybridized carbons (Fsp3) is 0.118. The Morgan fingerprint density at radius 1 is 0.222 bits per heavy atom. The molecule has 0 aromatic heterocycles. The molecule has 72 heavy (non-hydrogen) atoms. The molecule has 0 radical (unpaired) electrons. The minimum Gasteiger partial charge on any atom is -1.00 e. The van der Waals surface area contributed by atoms with Gasteiger partial charge < -0.3 is 24.8 Å². The summed E-state index contributed by atoms with van der Waals surface area (Å²) in [5.74, 6) is 0. The molecule has 12 aromatic carbocycles. The zero-order chi connectivity index (χ0) is 47.3. The van der Waals surface area contributed by atoms with E-state index in [1.807, 2.05) is 0 Å². The smallest absolute Gasteiger partial charge is 1.00 e. The second-order valence-corrected chi connectivity index (χ2v) is 18.5. The molecular formula is C68H60Cl2Zr2-2. The van der Waals surface area contributed by atoms with E-state index in [4.69, 9.17) is 0 Å². The van der Waals surface area contributed by atoms with E-state index < -0.39 is 0 Å². The molecule has 0 atom stereocenters. The van der Waals surface area contributed by atoms with Gasteiger partial charge in [-0.25, -0.2) is 0 Å². The van der Waals surface area contributed by atoms with E-state index in [0.717, 1.165) is 0 Å². The van der Waals surface area contributed by atoms with Crippen molar-refractivity contribution in [2.45, 2.75) is 55.4 Å². The maximum absolute atomic E-state index is 2.30. The van der Waals surface area contributed by atoms with Gasteiger partial charge in [-0.05, 0) is 27.7 Å². The second kappa shape index (κ2) is 26.0. The second-order valence-electron chi connectivity index (χ2n) is 18.5. The maximum Gasteiger partial charge on any atom is 2.00 e. The first-order chi connectivity index (χ1) is 33.0. The molecule has 0 heterocycles. The fourth-order valence-electron chi connectivity index (χ4n) is 9.55. The monoisotopic (exact) mass is 1130 g/mol. The van der Waals surface area contributed by atoms with Crippen LogP contribution in [0.2, 0.25) is 0 Å². The summed E-state index contributed by atoms with van der Waals surface area (Å²) in [5.41, 5.74) is 21.3. The zero-order valence-corrected chi connectivity index (χ0v) is 49.0. The number of halogens is 2. The number of aryl methyl sites for hydroxylation is 8. The number of rotatable bonds is 4. The Morgan fingerprint density at radius 2 is 0.389 bits per heavy atom. The van der Waals surface area contributed by atoms with Crippen molar-refractivity contribution < 1.29 is 77.2 Å². The molecule has 4 heteroatoms. The van der Waals surface area contributed by atoms with Crippen LogP contribution in [0.25, 0.3) is 87.6 Å². The Labute approximate surface area is 478 Å². The molecule has 0 unspecified atom stereocenters. The van der Waals surface area contributed by atoms with Gasteiger partial charge in [0.25, 0.3) is 0 Å². The van der Waals surface area contributed by atoms with Gasteiger partial charge in [0.1, 0.15) is 0 Å². The molecule has 0 N–H and O–H groups in total. The predicted octanol–water partition coefficient (Wildman–Crippen LogP) is 13.4. The number of fused-ring (bicyclic) bond motifs is 4. The van der Waals surface area contributed by atoms with Crippen molar-refractivity contribution in [3.05, 3.63) is 263 Å². The van der Waals surface area contributed by atoms with Crippen molar-refractivity contribution >= 4 is 43.1 Å². The SMILES string of the molecule is Cc1ccc(C)c2[cH-]c(-c3ccccc3)cc12.Cc1ccc(C)c2[cH-]c(-c3ccccc3)cc12.Cc1ccc(C)c2[cH-]c(-c3ccccc3)cc12.Cc1ccc(C)c2[cH-]c(-c3ccccc3)cc12.[Cl-].[Cl-].[Zr+2].[Zr+2]. The first-order valence-electron chi connectivity index (χ1n) is 23.9. The van der Waals surface area contributed by atoms with Crippen LogP contribution in [-0.4, -0.2) is 0 Å². The summed E-state index contributed by atoms with van der Waals surface area (Å²) in [5, 5.41) is 11.0. The standard InChI is InChI=1S/4C17H15.2ClH.2Zr/c4*1-12-8-9-13(2)17-11-15(10-16(12)17)14-6-4-3-5-7-14;;;;/h4*3-11H,1-2H3;2*1H;;/q4*-1;;;2*+2/p-2. The van der Waals surface area contributed by atoms with E-state index in [1.165, 1.54) is 132 Å². The Hall–Kier alpha value is -5.45. The molecule has 0 aliphatic rings. The third kappa shape index (κ3) is 12.8. The molecule has 12 aromatic rings. The molecule has 12 rings (SSSR count). The molecule has 0 aliphatic carbocycles. The van der Waals surface area contributed by atoms with Gasteiger partial charge in [-0.15, -0.1) is 136 Å². The van der Waals surface area contributed by atoms with Crippen LogP contribution in [0.15, 0.2) is 218 Å². The minimum atomic E-state index is 0. The first kappa shape index (κ1) is 57.4. The van der Waals surface area contributed by atoms with Gasteiger partial charge in [0, 0.05) is 0 Å². The summed E-state index contributed by atoms with van der Waals surface area (Å²) in [6.07, 6.45) is 0. The average Bonchev–Trinajstić information content (AvgIpc) is 4.22. The summed E-state index contributed by atoms with van der Waals surface area (Å²) < 4.78 is 0. The summed E-state index contributed by atoms with van der Waals surface area (Å²) in [6, 6.07) is 78.3. The molecule has 0 saturated heterocycles. The zero-order valence-electron chi connectivity index (χ0n) is 42.5. The third-order valence-electron chi connectivity index (χ3n) is 13.7. The van der Waals surface area contributed by atoms with E-state index in [2.05, 4.69) is 274 Å².